The number of carbonyl (C=O) groups excluding carboxylic acids is 1. The number of nitriles is 1. The molecule has 0 N–H and O–H groups in total. The van der Waals surface area contributed by atoms with Crippen LogP contribution in [-0.2, 0) is 6.42 Å². The molecule has 0 bridgehead atoms. The molecule has 0 amide bonds. The van der Waals surface area contributed by atoms with Crippen LogP contribution in [0.15, 0.2) is 35.3 Å². The lowest BCUT2D eigenvalue weighted by molar-refractivity contribution is 0.0910. The predicted molar refractivity (Wildman–Crippen MR) is 100 cm³/mol. The number of hydrogen-bond acceptors (Lipinski definition) is 5. The Bertz CT molecular complexity index is 1010. The van der Waals surface area contributed by atoms with Crippen LogP contribution in [0, 0.1) is 22.6 Å². The lowest BCUT2D eigenvalue weighted by Gasteiger charge is -2.30. The van der Waals surface area contributed by atoms with E-state index in [1.807, 2.05) is 23.1 Å². The number of benzene rings is 1. The van der Waals surface area contributed by atoms with E-state index in [-0.39, 0.29) is 22.8 Å². The van der Waals surface area contributed by atoms with Crippen LogP contribution in [-0.4, -0.2) is 23.7 Å². The molecule has 1 aliphatic heterocycles. The average molecular weight is 362 g/mol. The second kappa shape index (κ2) is 6.27. The number of hydrogen-bond donors (Lipinski definition) is 0. The zero-order chi connectivity index (χ0) is 19.2. The van der Waals surface area contributed by atoms with Crippen LogP contribution in [0.2, 0.25) is 0 Å². The Hall–Kier alpha value is -3.07. The number of Topliss-reactive ketones (excluding diaryl/α,β-unsaturated/α-hetero) is 1. The van der Waals surface area contributed by atoms with E-state index < -0.39 is 5.82 Å². The van der Waals surface area contributed by atoms with Gasteiger partial charge in [-0.2, -0.15) is 5.26 Å². The SMILES string of the molecule is CC1(C)CC(=O)c2ccc(N3C=NC(c4cc(F)cc(C#N)c4)C3)nc2C1. The summed E-state index contributed by atoms with van der Waals surface area (Å²) in [5.74, 6) is 0.421. The van der Waals surface area contributed by atoms with Crippen LogP contribution in [0.1, 0.15) is 53.5 Å². The van der Waals surface area contributed by atoms with Crippen LogP contribution in [0.5, 0.6) is 0 Å². The number of rotatable bonds is 2. The minimum Gasteiger partial charge on any atom is -0.315 e. The molecular formula is C21H19FN4O. The Labute approximate surface area is 157 Å². The van der Waals surface area contributed by atoms with Crippen LogP contribution >= 0.6 is 0 Å². The van der Waals surface area contributed by atoms with Crippen molar-refractivity contribution < 1.29 is 9.18 Å². The molecular weight excluding hydrogens is 343 g/mol. The third-order valence-electron chi connectivity index (χ3n) is 5.03. The molecule has 0 spiro atoms. The number of halogens is 1. The van der Waals surface area contributed by atoms with E-state index >= 15 is 0 Å². The number of carbonyl (C=O) groups is 1. The van der Waals surface area contributed by atoms with Crippen molar-refractivity contribution >= 4 is 17.9 Å². The maximum Gasteiger partial charge on any atom is 0.165 e. The number of fused-ring (bicyclic) bond motifs is 1. The van der Waals surface area contributed by atoms with E-state index in [0.717, 1.165) is 17.9 Å². The minimum absolute atomic E-state index is 0.0907. The molecule has 0 saturated heterocycles. The molecule has 4 rings (SSSR count). The topological polar surface area (TPSA) is 69.3 Å². The first-order chi connectivity index (χ1) is 12.8. The molecule has 0 fully saturated rings. The number of pyridine rings is 1. The second-order valence-corrected chi connectivity index (χ2v) is 7.92. The first-order valence-corrected chi connectivity index (χ1v) is 8.88. The summed E-state index contributed by atoms with van der Waals surface area (Å²) in [6, 6.07) is 9.66. The van der Waals surface area contributed by atoms with E-state index in [1.165, 1.54) is 12.1 Å². The van der Waals surface area contributed by atoms with Crippen molar-refractivity contribution in [2.24, 2.45) is 10.4 Å². The van der Waals surface area contributed by atoms with Crippen molar-refractivity contribution in [3.8, 4) is 6.07 Å². The van der Waals surface area contributed by atoms with Gasteiger partial charge in [0.25, 0.3) is 0 Å². The van der Waals surface area contributed by atoms with Crippen molar-refractivity contribution in [3.63, 3.8) is 0 Å². The molecule has 6 heteroatoms. The zero-order valence-electron chi connectivity index (χ0n) is 15.2. The average Bonchev–Trinajstić information content (AvgIpc) is 3.09. The van der Waals surface area contributed by atoms with Gasteiger partial charge in [0.15, 0.2) is 5.78 Å². The fraction of sp³-hybridized carbons (Fsp3) is 0.333. The van der Waals surface area contributed by atoms with E-state index in [2.05, 4.69) is 18.8 Å². The van der Waals surface area contributed by atoms with Crippen molar-refractivity contribution in [2.45, 2.75) is 32.7 Å². The Morgan fingerprint density at radius 3 is 2.85 bits per heavy atom. The molecule has 1 aliphatic carbocycles. The third-order valence-corrected chi connectivity index (χ3v) is 5.03. The Morgan fingerprint density at radius 1 is 1.26 bits per heavy atom. The molecule has 1 aromatic heterocycles. The van der Waals surface area contributed by atoms with Crippen LogP contribution in [0.25, 0.3) is 0 Å². The number of anilines is 1. The van der Waals surface area contributed by atoms with Crippen molar-refractivity contribution in [1.82, 2.24) is 4.98 Å². The second-order valence-electron chi connectivity index (χ2n) is 7.92. The molecule has 2 heterocycles. The standard InChI is InChI=1S/C21H19FN4O/c1-21(2)8-17-16(19(27)9-21)3-4-20(25-17)26-11-18(24-12-26)14-5-13(10-23)6-15(22)7-14/h3-7,12,18H,8-9,11H2,1-2H3. The van der Waals surface area contributed by atoms with Gasteiger partial charge in [0.05, 0.1) is 36.3 Å². The van der Waals surface area contributed by atoms with Crippen molar-refractivity contribution in [3.05, 3.63) is 58.5 Å². The summed E-state index contributed by atoms with van der Waals surface area (Å²) in [7, 11) is 0. The molecule has 27 heavy (non-hydrogen) atoms. The summed E-state index contributed by atoms with van der Waals surface area (Å²) in [6.07, 6.45) is 2.98. The summed E-state index contributed by atoms with van der Waals surface area (Å²) in [5.41, 5.74) is 2.38. The highest BCUT2D eigenvalue weighted by Gasteiger charge is 2.32. The largest absolute Gasteiger partial charge is 0.315 e. The molecule has 1 atom stereocenters. The van der Waals surface area contributed by atoms with E-state index in [1.54, 1.807) is 12.4 Å². The monoisotopic (exact) mass is 362 g/mol. The van der Waals surface area contributed by atoms with Crippen LogP contribution in [0.4, 0.5) is 10.2 Å². The normalized spacial score (nSPS) is 20.4. The van der Waals surface area contributed by atoms with Gasteiger partial charge in [0, 0.05) is 12.0 Å². The van der Waals surface area contributed by atoms with Gasteiger partial charge in [0.2, 0.25) is 0 Å². The summed E-state index contributed by atoms with van der Waals surface area (Å²) < 4.78 is 13.7. The molecule has 1 aromatic carbocycles. The highest BCUT2D eigenvalue weighted by molar-refractivity contribution is 5.99. The Balaban J connectivity index is 1.59. The number of ketones is 1. The molecule has 2 aliphatic rings. The molecule has 2 aromatic rings. The Kier molecular flexibility index (Phi) is 4.03. The third kappa shape index (κ3) is 3.33. The highest BCUT2D eigenvalue weighted by Crippen LogP contribution is 2.35. The molecule has 136 valence electrons. The van der Waals surface area contributed by atoms with Gasteiger partial charge in [-0.15, -0.1) is 0 Å². The van der Waals surface area contributed by atoms with Gasteiger partial charge >= 0.3 is 0 Å². The Morgan fingerprint density at radius 2 is 2.07 bits per heavy atom. The predicted octanol–water partition coefficient (Wildman–Crippen LogP) is 3.84. The van der Waals surface area contributed by atoms with Gasteiger partial charge in [0.1, 0.15) is 11.6 Å². The first-order valence-electron chi connectivity index (χ1n) is 8.88. The van der Waals surface area contributed by atoms with E-state index in [4.69, 9.17) is 10.2 Å². The summed E-state index contributed by atoms with van der Waals surface area (Å²) in [5, 5.41) is 9.03. The lowest BCUT2D eigenvalue weighted by Crippen LogP contribution is -2.29. The van der Waals surface area contributed by atoms with Gasteiger partial charge in [-0.3, -0.25) is 9.79 Å². The first kappa shape index (κ1) is 17.3. The van der Waals surface area contributed by atoms with Crippen LogP contribution in [0.3, 0.4) is 0 Å². The highest BCUT2D eigenvalue weighted by atomic mass is 19.1. The summed E-state index contributed by atoms with van der Waals surface area (Å²) in [4.78, 5) is 23.4. The lowest BCUT2D eigenvalue weighted by atomic mass is 9.76. The van der Waals surface area contributed by atoms with Crippen molar-refractivity contribution in [2.75, 3.05) is 11.4 Å². The molecule has 0 saturated carbocycles. The molecule has 5 nitrogen and oxygen atoms in total. The van der Waals surface area contributed by atoms with Crippen molar-refractivity contribution in [1.29, 1.82) is 5.26 Å². The molecule has 1 unspecified atom stereocenters. The maximum atomic E-state index is 13.7. The van der Waals surface area contributed by atoms with Gasteiger partial charge in [-0.1, -0.05) is 13.8 Å². The minimum atomic E-state index is -0.439. The van der Waals surface area contributed by atoms with E-state index in [0.29, 0.717) is 24.1 Å². The van der Waals surface area contributed by atoms with Gasteiger partial charge in [-0.25, -0.2) is 9.37 Å². The fourth-order valence-corrected chi connectivity index (χ4v) is 3.74. The summed E-state index contributed by atoms with van der Waals surface area (Å²) >= 11 is 0. The van der Waals surface area contributed by atoms with Gasteiger partial charge < -0.3 is 4.90 Å². The fourth-order valence-electron chi connectivity index (χ4n) is 3.74. The number of aliphatic imine (C=N–C) groups is 1. The van der Waals surface area contributed by atoms with E-state index in [9.17, 15) is 9.18 Å². The van der Waals surface area contributed by atoms with Crippen LogP contribution < -0.4 is 4.90 Å². The quantitative estimate of drug-likeness (QED) is 0.814. The smallest absolute Gasteiger partial charge is 0.165 e. The number of aromatic nitrogens is 1. The maximum absolute atomic E-state index is 13.7. The van der Waals surface area contributed by atoms with Gasteiger partial charge in [-0.05, 0) is 47.7 Å². The summed E-state index contributed by atoms with van der Waals surface area (Å²) in [6.45, 7) is 4.66. The zero-order valence-corrected chi connectivity index (χ0v) is 15.2. The number of nitrogens with zero attached hydrogens (tertiary/aromatic N) is 4. The molecule has 0 radical (unpaired) electrons.